The molecule has 5 rings (SSSR count). The molecule has 2 saturated carbocycles. The lowest BCUT2D eigenvalue weighted by atomic mass is 9.62. The Bertz CT molecular complexity index is 1180. The van der Waals surface area contributed by atoms with Crippen LogP contribution in [0.4, 0.5) is 16.2 Å². The molecule has 7 nitrogen and oxygen atoms in total. The minimum absolute atomic E-state index is 0.126. The highest BCUT2D eigenvalue weighted by Gasteiger charge is 2.53. The maximum atomic E-state index is 12.9. The Morgan fingerprint density at radius 2 is 1.62 bits per heavy atom. The summed E-state index contributed by atoms with van der Waals surface area (Å²) in [7, 11) is -1.10. The fraction of sp³-hybridized carbons (Fsp3) is 0.562. The van der Waals surface area contributed by atoms with Gasteiger partial charge in [-0.05, 0) is 81.0 Å². The third kappa shape index (κ3) is 6.54. The van der Waals surface area contributed by atoms with Crippen molar-refractivity contribution < 1.29 is 23.3 Å². The molecule has 8 heteroatoms. The summed E-state index contributed by atoms with van der Waals surface area (Å²) in [6.07, 6.45) is 12.9. The maximum absolute atomic E-state index is 12.9. The maximum Gasteiger partial charge on any atom is 0.412 e. The molecular weight excluding hydrogens is 524 g/mol. The van der Waals surface area contributed by atoms with Crippen molar-refractivity contribution in [3.63, 3.8) is 0 Å². The van der Waals surface area contributed by atoms with Gasteiger partial charge < -0.3 is 14.8 Å². The van der Waals surface area contributed by atoms with Crippen LogP contribution in [-0.4, -0.2) is 28.6 Å². The Morgan fingerprint density at radius 1 is 0.975 bits per heavy atom. The number of nitrogens with one attached hydrogen (secondary N) is 2. The van der Waals surface area contributed by atoms with E-state index in [9.17, 15) is 13.8 Å². The van der Waals surface area contributed by atoms with Crippen molar-refractivity contribution >= 4 is 34.2 Å². The predicted octanol–water partition coefficient (Wildman–Crippen LogP) is 7.53. The second-order valence-electron chi connectivity index (χ2n) is 11.5. The molecule has 2 aromatic rings. The molecule has 2 aliphatic carbocycles. The number of carbonyl (C=O) groups is 2. The van der Waals surface area contributed by atoms with Crippen LogP contribution in [0.25, 0.3) is 0 Å². The highest BCUT2D eigenvalue weighted by atomic mass is 32.2. The summed E-state index contributed by atoms with van der Waals surface area (Å²) in [5.41, 5.74) is 2.07. The number of amides is 2. The fourth-order valence-corrected chi connectivity index (χ4v) is 8.07. The third-order valence-electron chi connectivity index (χ3n) is 8.76. The van der Waals surface area contributed by atoms with Crippen LogP contribution in [0.1, 0.15) is 89.5 Å². The van der Waals surface area contributed by atoms with Crippen LogP contribution < -0.4 is 15.4 Å². The van der Waals surface area contributed by atoms with Crippen LogP contribution in [0.2, 0.25) is 0 Å². The van der Waals surface area contributed by atoms with Crippen molar-refractivity contribution in [3.05, 3.63) is 48.0 Å². The molecule has 0 radical (unpaired) electrons. The molecule has 2 fully saturated rings. The van der Waals surface area contributed by atoms with E-state index in [0.29, 0.717) is 29.9 Å². The highest BCUT2D eigenvalue weighted by Crippen LogP contribution is 2.55. The SMILES string of the molecule is CC(=O)Nc1ccc(S(=O)CCCCOc2ccc3c(c2)C(C2CCCCC2)(C2CCCCC2)OC(=O)N3)cc1. The number of hydrogen-bond donors (Lipinski definition) is 2. The van der Waals surface area contributed by atoms with Crippen LogP contribution in [0.5, 0.6) is 5.75 Å². The van der Waals surface area contributed by atoms with Gasteiger partial charge in [0.15, 0.2) is 0 Å². The Kier molecular flexibility index (Phi) is 9.45. The monoisotopic (exact) mass is 566 g/mol. The van der Waals surface area contributed by atoms with E-state index in [1.54, 1.807) is 24.3 Å². The van der Waals surface area contributed by atoms with E-state index in [1.165, 1.54) is 45.4 Å². The van der Waals surface area contributed by atoms with E-state index >= 15 is 0 Å². The fourth-order valence-electron chi connectivity index (χ4n) is 6.93. The number of unbranched alkanes of at least 4 members (excludes halogenated alkanes) is 1. The van der Waals surface area contributed by atoms with Crippen molar-refractivity contribution in [2.45, 2.75) is 94.5 Å². The Hall–Kier alpha value is -2.87. The molecule has 1 heterocycles. The summed E-state index contributed by atoms with van der Waals surface area (Å²) in [5.74, 6) is 1.90. The average molecular weight is 567 g/mol. The Balaban J connectivity index is 1.23. The topological polar surface area (TPSA) is 93.7 Å². The molecule has 1 unspecified atom stereocenters. The quantitative estimate of drug-likeness (QED) is 0.290. The van der Waals surface area contributed by atoms with Gasteiger partial charge in [-0.15, -0.1) is 0 Å². The van der Waals surface area contributed by atoms with Crippen LogP contribution in [0.3, 0.4) is 0 Å². The summed E-state index contributed by atoms with van der Waals surface area (Å²) in [5, 5.41) is 5.69. The van der Waals surface area contributed by atoms with Crippen molar-refractivity contribution in [1.82, 2.24) is 0 Å². The summed E-state index contributed by atoms with van der Waals surface area (Å²) in [6.45, 7) is 2.00. The molecule has 1 aliphatic heterocycles. The van der Waals surface area contributed by atoms with Crippen LogP contribution in [-0.2, 0) is 25.9 Å². The molecule has 40 heavy (non-hydrogen) atoms. The lowest BCUT2D eigenvalue weighted by Crippen LogP contribution is -2.51. The van der Waals surface area contributed by atoms with E-state index < -0.39 is 16.4 Å². The van der Waals surface area contributed by atoms with Gasteiger partial charge >= 0.3 is 6.09 Å². The molecule has 0 saturated heterocycles. The molecule has 0 spiro atoms. The minimum atomic E-state index is -1.10. The van der Waals surface area contributed by atoms with Crippen molar-refractivity contribution in [2.24, 2.45) is 11.8 Å². The lowest BCUT2D eigenvalue weighted by molar-refractivity contribution is -0.114. The average Bonchev–Trinajstić information content (AvgIpc) is 2.97. The summed E-state index contributed by atoms with van der Waals surface area (Å²) >= 11 is 0. The standard InChI is InChI=1S/C32H42N2O5S/c1-23(35)33-26-14-17-28(18-15-26)40(37)21-9-8-20-38-27-16-19-30-29(22-27)32(39-31(36)34-30,24-10-4-2-5-11-24)25-12-6-3-7-13-25/h14-19,22,24-25H,2-13,20-21H2,1H3,(H,33,35)(H,34,36). The van der Waals surface area contributed by atoms with Gasteiger partial charge in [0, 0.05) is 40.7 Å². The van der Waals surface area contributed by atoms with Gasteiger partial charge in [-0.25, -0.2) is 4.79 Å². The van der Waals surface area contributed by atoms with E-state index in [2.05, 4.69) is 16.7 Å². The molecule has 0 aromatic heterocycles. The smallest absolute Gasteiger partial charge is 0.412 e. The first-order valence-corrected chi connectivity index (χ1v) is 16.3. The van der Waals surface area contributed by atoms with Gasteiger partial charge in [0.2, 0.25) is 5.91 Å². The van der Waals surface area contributed by atoms with Crippen LogP contribution >= 0.6 is 0 Å². The molecular formula is C32H42N2O5S. The zero-order valence-corrected chi connectivity index (χ0v) is 24.4. The van der Waals surface area contributed by atoms with Crippen LogP contribution in [0.15, 0.2) is 47.4 Å². The number of fused-ring (bicyclic) bond motifs is 1. The molecule has 2 aromatic carbocycles. The van der Waals surface area contributed by atoms with Gasteiger partial charge in [-0.1, -0.05) is 38.5 Å². The molecule has 2 N–H and O–H groups in total. The zero-order valence-electron chi connectivity index (χ0n) is 23.5. The molecule has 2 amide bonds. The van der Waals surface area contributed by atoms with Crippen molar-refractivity contribution in [3.8, 4) is 5.75 Å². The first-order chi connectivity index (χ1) is 19.5. The van der Waals surface area contributed by atoms with Crippen molar-refractivity contribution in [1.29, 1.82) is 0 Å². The van der Waals surface area contributed by atoms with Gasteiger partial charge in [-0.2, -0.15) is 0 Å². The number of rotatable bonds is 10. The summed E-state index contributed by atoms with van der Waals surface area (Å²) in [4.78, 5) is 24.8. The number of cyclic esters (lactones) is 1. The van der Waals surface area contributed by atoms with E-state index in [-0.39, 0.29) is 12.0 Å². The molecule has 3 aliphatic rings. The Morgan fingerprint density at radius 3 is 2.25 bits per heavy atom. The Labute approximate surface area is 240 Å². The molecule has 0 bridgehead atoms. The van der Waals surface area contributed by atoms with E-state index in [0.717, 1.165) is 60.4 Å². The largest absolute Gasteiger partial charge is 0.494 e. The first-order valence-electron chi connectivity index (χ1n) is 15.0. The second-order valence-corrected chi connectivity index (χ2v) is 13.1. The molecule has 216 valence electrons. The summed E-state index contributed by atoms with van der Waals surface area (Å²) in [6, 6.07) is 13.2. The molecule has 1 atom stereocenters. The van der Waals surface area contributed by atoms with Crippen molar-refractivity contribution in [2.75, 3.05) is 23.0 Å². The first kappa shape index (κ1) is 28.7. The number of ether oxygens (including phenoxy) is 2. The minimum Gasteiger partial charge on any atom is -0.494 e. The number of benzene rings is 2. The number of anilines is 2. The van der Waals surface area contributed by atoms with Gasteiger partial charge in [-0.3, -0.25) is 14.3 Å². The van der Waals surface area contributed by atoms with Crippen LogP contribution in [0, 0.1) is 11.8 Å². The van der Waals surface area contributed by atoms with Gasteiger partial charge in [0.1, 0.15) is 11.4 Å². The summed E-state index contributed by atoms with van der Waals surface area (Å²) < 4.78 is 25.3. The van der Waals surface area contributed by atoms with Gasteiger partial charge in [0.05, 0.1) is 23.1 Å². The van der Waals surface area contributed by atoms with Gasteiger partial charge in [0.25, 0.3) is 0 Å². The number of carbonyl (C=O) groups excluding carboxylic acids is 2. The normalized spacial score (nSPS) is 20.1. The predicted molar refractivity (Wildman–Crippen MR) is 158 cm³/mol. The third-order valence-corrected chi connectivity index (χ3v) is 10.2. The number of hydrogen-bond acceptors (Lipinski definition) is 5. The lowest BCUT2D eigenvalue weighted by Gasteiger charge is -2.50. The van der Waals surface area contributed by atoms with E-state index in [4.69, 9.17) is 9.47 Å². The second kappa shape index (κ2) is 13.2. The zero-order chi connectivity index (χ0) is 28.0. The highest BCUT2D eigenvalue weighted by molar-refractivity contribution is 7.85. The van der Waals surface area contributed by atoms with E-state index in [1.807, 2.05) is 12.1 Å².